The molecule has 0 atom stereocenters. The SMILES string of the molecule is Nc1nc(OC(=O)O)n[nH]1. The molecule has 1 aromatic heterocycles. The molecule has 0 fully saturated rings. The summed E-state index contributed by atoms with van der Waals surface area (Å²) in [7, 11) is 0. The molecule has 0 amide bonds. The molecular formula is C3H4N4O3. The lowest BCUT2D eigenvalue weighted by atomic mass is 11.1. The van der Waals surface area contributed by atoms with Gasteiger partial charge in [0, 0.05) is 0 Å². The van der Waals surface area contributed by atoms with Crippen molar-refractivity contribution in [3.8, 4) is 6.01 Å². The fourth-order valence-electron chi connectivity index (χ4n) is 0.382. The molecule has 1 heterocycles. The number of carbonyl (C=O) groups is 1. The molecular weight excluding hydrogens is 140 g/mol. The predicted octanol–water partition coefficient (Wildman–Crippen LogP) is -0.556. The van der Waals surface area contributed by atoms with E-state index in [0.717, 1.165) is 0 Å². The van der Waals surface area contributed by atoms with Crippen LogP contribution in [0.25, 0.3) is 0 Å². The highest BCUT2D eigenvalue weighted by Gasteiger charge is 2.04. The summed E-state index contributed by atoms with van der Waals surface area (Å²) in [6.45, 7) is 0. The Balaban J connectivity index is 2.67. The number of anilines is 1. The summed E-state index contributed by atoms with van der Waals surface area (Å²) >= 11 is 0. The summed E-state index contributed by atoms with van der Waals surface area (Å²) in [5, 5.41) is 13.5. The lowest BCUT2D eigenvalue weighted by Crippen LogP contribution is -2.04. The topological polar surface area (TPSA) is 114 Å². The largest absolute Gasteiger partial charge is 0.513 e. The van der Waals surface area contributed by atoms with Gasteiger partial charge in [-0.3, -0.25) is 0 Å². The van der Waals surface area contributed by atoms with Crippen molar-refractivity contribution >= 4 is 12.1 Å². The van der Waals surface area contributed by atoms with Crippen LogP contribution in [0.4, 0.5) is 10.7 Å². The Labute approximate surface area is 54.8 Å². The lowest BCUT2D eigenvalue weighted by Gasteiger charge is -1.86. The standard InChI is InChI=1S/C3H4N4O3/c4-1-5-2(7-6-1)10-3(8)9/h(H,8,9)(H3,4,5,6,7). The van der Waals surface area contributed by atoms with Gasteiger partial charge >= 0.3 is 12.2 Å². The van der Waals surface area contributed by atoms with Gasteiger partial charge in [-0.15, -0.1) is 5.10 Å². The van der Waals surface area contributed by atoms with Crippen molar-refractivity contribution in [1.82, 2.24) is 15.2 Å². The zero-order valence-corrected chi connectivity index (χ0v) is 4.74. The van der Waals surface area contributed by atoms with Gasteiger partial charge in [-0.2, -0.15) is 4.98 Å². The number of H-pyrrole nitrogens is 1. The molecule has 0 aliphatic rings. The van der Waals surface area contributed by atoms with Crippen LogP contribution in [0, 0.1) is 0 Å². The molecule has 1 aromatic rings. The summed E-state index contributed by atoms with van der Waals surface area (Å²) in [6, 6.07) is -0.301. The van der Waals surface area contributed by atoms with E-state index in [1.807, 2.05) is 0 Å². The van der Waals surface area contributed by atoms with Crippen molar-refractivity contribution in [1.29, 1.82) is 0 Å². The van der Waals surface area contributed by atoms with E-state index in [-0.39, 0.29) is 12.0 Å². The molecule has 0 spiro atoms. The molecule has 0 bridgehead atoms. The molecule has 0 aromatic carbocycles. The maximum absolute atomic E-state index is 9.82. The van der Waals surface area contributed by atoms with E-state index in [9.17, 15) is 4.79 Å². The minimum atomic E-state index is -1.47. The van der Waals surface area contributed by atoms with Gasteiger partial charge in [-0.25, -0.2) is 9.89 Å². The van der Waals surface area contributed by atoms with Crippen LogP contribution in [0.2, 0.25) is 0 Å². The lowest BCUT2D eigenvalue weighted by molar-refractivity contribution is 0.140. The number of rotatable bonds is 1. The third kappa shape index (κ3) is 1.34. The minimum absolute atomic E-state index is 0.0104. The second-order valence-electron chi connectivity index (χ2n) is 1.37. The Hall–Kier alpha value is -1.79. The molecule has 10 heavy (non-hydrogen) atoms. The average Bonchev–Trinajstić information content (AvgIpc) is 2.13. The van der Waals surface area contributed by atoms with E-state index in [1.165, 1.54) is 0 Å². The Morgan fingerprint density at radius 2 is 2.50 bits per heavy atom. The zero-order valence-electron chi connectivity index (χ0n) is 4.74. The monoisotopic (exact) mass is 144 g/mol. The Morgan fingerprint density at radius 1 is 1.80 bits per heavy atom. The Morgan fingerprint density at radius 3 is 2.90 bits per heavy atom. The molecule has 0 saturated carbocycles. The number of nitrogen functional groups attached to an aromatic ring is 1. The first-order valence-electron chi connectivity index (χ1n) is 2.27. The number of hydrogen-bond donors (Lipinski definition) is 3. The van der Waals surface area contributed by atoms with Gasteiger partial charge in [0.15, 0.2) is 0 Å². The van der Waals surface area contributed by atoms with Gasteiger partial charge in [-0.05, 0) is 0 Å². The van der Waals surface area contributed by atoms with Crippen LogP contribution in [-0.4, -0.2) is 26.4 Å². The number of aromatic nitrogens is 3. The Bertz CT molecular complexity index is 244. The van der Waals surface area contributed by atoms with E-state index < -0.39 is 6.16 Å². The maximum Gasteiger partial charge on any atom is 0.513 e. The van der Waals surface area contributed by atoms with Crippen LogP contribution in [-0.2, 0) is 0 Å². The van der Waals surface area contributed by atoms with Gasteiger partial charge in [0.05, 0.1) is 0 Å². The van der Waals surface area contributed by atoms with E-state index >= 15 is 0 Å². The molecule has 54 valence electrons. The highest BCUT2D eigenvalue weighted by atomic mass is 16.7. The Kier molecular flexibility index (Phi) is 1.40. The first-order valence-corrected chi connectivity index (χ1v) is 2.27. The first kappa shape index (κ1) is 6.33. The fourth-order valence-corrected chi connectivity index (χ4v) is 0.382. The third-order valence-electron chi connectivity index (χ3n) is 0.661. The van der Waals surface area contributed by atoms with Crippen molar-refractivity contribution in [2.45, 2.75) is 0 Å². The highest BCUT2D eigenvalue weighted by Crippen LogP contribution is 2.00. The summed E-state index contributed by atoms with van der Waals surface area (Å²) in [5.74, 6) is 0.0104. The summed E-state index contributed by atoms with van der Waals surface area (Å²) in [5.41, 5.74) is 5.05. The molecule has 4 N–H and O–H groups in total. The van der Waals surface area contributed by atoms with Crippen LogP contribution in [0.15, 0.2) is 0 Å². The molecule has 0 aliphatic carbocycles. The fraction of sp³-hybridized carbons (Fsp3) is 0. The van der Waals surface area contributed by atoms with Crippen LogP contribution in [0.3, 0.4) is 0 Å². The molecule has 0 aliphatic heterocycles. The van der Waals surface area contributed by atoms with Crippen molar-refractivity contribution < 1.29 is 14.6 Å². The normalized spacial score (nSPS) is 9.20. The van der Waals surface area contributed by atoms with E-state index in [4.69, 9.17) is 10.8 Å². The summed E-state index contributed by atoms with van der Waals surface area (Å²) < 4.78 is 4.02. The molecule has 7 heteroatoms. The molecule has 0 unspecified atom stereocenters. The number of hydrogen-bond acceptors (Lipinski definition) is 5. The van der Waals surface area contributed by atoms with E-state index in [2.05, 4.69) is 19.9 Å². The van der Waals surface area contributed by atoms with Crippen LogP contribution in [0.5, 0.6) is 6.01 Å². The van der Waals surface area contributed by atoms with Crippen LogP contribution < -0.4 is 10.5 Å². The van der Waals surface area contributed by atoms with Gasteiger partial charge in [0.2, 0.25) is 5.95 Å². The number of nitrogens with zero attached hydrogens (tertiary/aromatic N) is 2. The minimum Gasteiger partial charge on any atom is -0.449 e. The molecule has 0 saturated heterocycles. The van der Waals surface area contributed by atoms with Gasteiger partial charge in [-0.1, -0.05) is 0 Å². The van der Waals surface area contributed by atoms with Crippen LogP contribution in [0.1, 0.15) is 0 Å². The highest BCUT2D eigenvalue weighted by molar-refractivity contribution is 5.59. The first-order chi connectivity index (χ1) is 4.68. The number of nitrogens with two attached hydrogens (primary N) is 1. The van der Waals surface area contributed by atoms with Gasteiger partial charge < -0.3 is 15.6 Å². The number of carboxylic acid groups (broad SMARTS) is 1. The number of nitrogens with one attached hydrogen (secondary N) is 1. The smallest absolute Gasteiger partial charge is 0.449 e. The third-order valence-corrected chi connectivity index (χ3v) is 0.661. The summed E-state index contributed by atoms with van der Waals surface area (Å²) in [6.07, 6.45) is -1.47. The van der Waals surface area contributed by atoms with Gasteiger partial charge in [0.1, 0.15) is 0 Å². The zero-order chi connectivity index (χ0) is 7.56. The quantitative estimate of drug-likeness (QED) is 0.455. The van der Waals surface area contributed by atoms with Crippen molar-refractivity contribution in [2.24, 2.45) is 0 Å². The van der Waals surface area contributed by atoms with E-state index in [1.54, 1.807) is 0 Å². The molecule has 1 rings (SSSR count). The second kappa shape index (κ2) is 2.21. The second-order valence-corrected chi connectivity index (χ2v) is 1.37. The molecule has 0 radical (unpaired) electrons. The van der Waals surface area contributed by atoms with Crippen molar-refractivity contribution in [2.75, 3.05) is 5.73 Å². The predicted molar refractivity (Wildman–Crippen MR) is 29.4 cm³/mol. The maximum atomic E-state index is 9.82. The van der Waals surface area contributed by atoms with Gasteiger partial charge in [0.25, 0.3) is 0 Å². The number of ether oxygens (including phenoxy) is 1. The van der Waals surface area contributed by atoms with Crippen molar-refractivity contribution in [3.63, 3.8) is 0 Å². The average molecular weight is 144 g/mol. The van der Waals surface area contributed by atoms with E-state index in [0.29, 0.717) is 0 Å². The summed E-state index contributed by atoms with van der Waals surface area (Å²) in [4.78, 5) is 13.2. The van der Waals surface area contributed by atoms with Crippen LogP contribution >= 0.6 is 0 Å². The van der Waals surface area contributed by atoms with Crippen molar-refractivity contribution in [3.05, 3.63) is 0 Å². The number of aromatic amines is 1. The molecule has 7 nitrogen and oxygen atoms in total.